The Morgan fingerprint density at radius 1 is 1.00 bits per heavy atom. The Morgan fingerprint density at radius 3 is 2.48 bits per heavy atom. The second kappa shape index (κ2) is 9.54. The van der Waals surface area contributed by atoms with Crippen LogP contribution in [0.2, 0.25) is 0 Å². The molecule has 0 radical (unpaired) electrons. The Kier molecular flexibility index (Phi) is 6.63. The zero-order chi connectivity index (χ0) is 20.6. The number of ether oxygens (including phenoxy) is 2. The van der Waals surface area contributed by atoms with Crippen LogP contribution in [0.3, 0.4) is 0 Å². The van der Waals surface area contributed by atoms with Crippen molar-refractivity contribution in [1.82, 2.24) is 9.97 Å². The van der Waals surface area contributed by atoms with E-state index in [0.29, 0.717) is 22.7 Å². The summed E-state index contributed by atoms with van der Waals surface area (Å²) >= 11 is 0. The van der Waals surface area contributed by atoms with Gasteiger partial charge >= 0.3 is 0 Å². The lowest BCUT2D eigenvalue weighted by atomic mass is 10.2. The van der Waals surface area contributed by atoms with Gasteiger partial charge in [-0.05, 0) is 48.4 Å². The molecule has 150 valence electrons. The molecule has 0 aliphatic carbocycles. The number of methoxy groups -OCH3 is 2. The lowest BCUT2D eigenvalue weighted by Crippen LogP contribution is -2.22. The van der Waals surface area contributed by atoms with Crippen LogP contribution in [-0.4, -0.2) is 43.7 Å². The monoisotopic (exact) mass is 392 g/mol. The highest BCUT2D eigenvalue weighted by Crippen LogP contribution is 2.30. The van der Waals surface area contributed by atoms with E-state index in [1.54, 1.807) is 63.1 Å². The molecule has 2 heterocycles. The van der Waals surface area contributed by atoms with Gasteiger partial charge in [-0.1, -0.05) is 0 Å². The fourth-order valence-electron chi connectivity index (χ4n) is 2.85. The Morgan fingerprint density at radius 2 is 1.76 bits per heavy atom. The average Bonchev–Trinajstić information content (AvgIpc) is 2.78. The molecule has 1 N–H and O–H groups in total. The summed E-state index contributed by atoms with van der Waals surface area (Å²) in [7, 11) is 5.08. The van der Waals surface area contributed by atoms with Crippen LogP contribution >= 0.6 is 0 Å². The van der Waals surface area contributed by atoms with E-state index >= 15 is 0 Å². The second-order valence-corrected chi connectivity index (χ2v) is 6.45. The van der Waals surface area contributed by atoms with E-state index in [9.17, 15) is 4.79 Å². The predicted molar refractivity (Wildman–Crippen MR) is 113 cm³/mol. The molecular weight excluding hydrogens is 368 g/mol. The first-order chi connectivity index (χ1) is 14.1. The third kappa shape index (κ3) is 5.22. The number of hydrogen-bond acceptors (Lipinski definition) is 6. The number of aromatic nitrogens is 2. The molecule has 0 aliphatic rings. The first-order valence-corrected chi connectivity index (χ1v) is 9.20. The molecule has 29 heavy (non-hydrogen) atoms. The molecule has 0 saturated carbocycles. The van der Waals surface area contributed by atoms with E-state index in [4.69, 9.17) is 9.47 Å². The molecule has 7 nitrogen and oxygen atoms in total. The fourth-order valence-corrected chi connectivity index (χ4v) is 2.85. The number of rotatable bonds is 8. The van der Waals surface area contributed by atoms with Gasteiger partial charge in [0.1, 0.15) is 5.82 Å². The summed E-state index contributed by atoms with van der Waals surface area (Å²) in [6.07, 6.45) is 6.07. The van der Waals surface area contributed by atoms with E-state index in [1.165, 1.54) is 5.56 Å². The largest absolute Gasteiger partial charge is 0.493 e. The normalized spacial score (nSPS) is 10.3. The van der Waals surface area contributed by atoms with Gasteiger partial charge in [0.25, 0.3) is 5.91 Å². The van der Waals surface area contributed by atoms with Crippen LogP contribution in [0.25, 0.3) is 0 Å². The fraction of sp³-hybridized carbons (Fsp3) is 0.227. The van der Waals surface area contributed by atoms with E-state index < -0.39 is 0 Å². The minimum Gasteiger partial charge on any atom is -0.493 e. The number of carbonyl (C=O) groups excluding carboxylic acids is 1. The van der Waals surface area contributed by atoms with Crippen LogP contribution in [0.15, 0.2) is 61.1 Å². The molecule has 1 aromatic carbocycles. The summed E-state index contributed by atoms with van der Waals surface area (Å²) in [4.78, 5) is 23.1. The van der Waals surface area contributed by atoms with Gasteiger partial charge < -0.3 is 19.7 Å². The second-order valence-electron chi connectivity index (χ2n) is 6.45. The number of carbonyl (C=O) groups is 1. The van der Waals surface area contributed by atoms with Gasteiger partial charge in [-0.3, -0.25) is 9.78 Å². The van der Waals surface area contributed by atoms with Crippen molar-refractivity contribution in [3.8, 4) is 11.5 Å². The Labute approximate surface area is 170 Å². The quantitative estimate of drug-likeness (QED) is 0.633. The van der Waals surface area contributed by atoms with Gasteiger partial charge in [0.05, 0.1) is 14.2 Å². The summed E-state index contributed by atoms with van der Waals surface area (Å²) in [5.41, 5.74) is 2.35. The SMILES string of the molecule is COc1ccc(NC(=O)c2ccnc(N(C)CCc3ccncc3)c2)cc1OC. The summed E-state index contributed by atoms with van der Waals surface area (Å²) < 4.78 is 10.5. The molecule has 0 unspecified atom stereocenters. The molecule has 0 atom stereocenters. The summed E-state index contributed by atoms with van der Waals surface area (Å²) in [5, 5.41) is 2.88. The third-order valence-corrected chi connectivity index (χ3v) is 4.53. The van der Waals surface area contributed by atoms with Crippen LogP contribution in [0.5, 0.6) is 11.5 Å². The van der Waals surface area contributed by atoms with Crippen molar-refractivity contribution < 1.29 is 14.3 Å². The number of hydrogen-bond donors (Lipinski definition) is 1. The van der Waals surface area contributed by atoms with E-state index in [2.05, 4.69) is 15.3 Å². The smallest absolute Gasteiger partial charge is 0.255 e. The predicted octanol–water partition coefficient (Wildman–Crippen LogP) is 3.43. The minimum atomic E-state index is -0.219. The zero-order valence-corrected chi connectivity index (χ0v) is 16.8. The average molecular weight is 392 g/mol. The van der Waals surface area contributed by atoms with Gasteiger partial charge in [-0.15, -0.1) is 0 Å². The number of likely N-dealkylation sites (N-methyl/N-ethyl adjacent to an activating group) is 1. The van der Waals surface area contributed by atoms with Crippen LogP contribution in [0.4, 0.5) is 11.5 Å². The first-order valence-electron chi connectivity index (χ1n) is 9.20. The summed E-state index contributed by atoms with van der Waals surface area (Å²) in [6, 6.07) is 12.7. The number of nitrogens with zero attached hydrogens (tertiary/aromatic N) is 3. The van der Waals surface area contributed by atoms with Crippen molar-refractivity contribution in [1.29, 1.82) is 0 Å². The van der Waals surface area contributed by atoms with Crippen LogP contribution in [0.1, 0.15) is 15.9 Å². The first kappa shape index (κ1) is 20.1. The molecule has 0 saturated heterocycles. The lowest BCUT2D eigenvalue weighted by Gasteiger charge is -2.18. The molecule has 0 spiro atoms. The third-order valence-electron chi connectivity index (χ3n) is 4.53. The highest BCUT2D eigenvalue weighted by molar-refractivity contribution is 6.04. The molecule has 7 heteroatoms. The van der Waals surface area contributed by atoms with Crippen molar-refractivity contribution in [3.63, 3.8) is 0 Å². The van der Waals surface area contributed by atoms with Crippen molar-refractivity contribution >= 4 is 17.4 Å². The number of anilines is 2. The molecule has 0 fully saturated rings. The number of nitrogens with one attached hydrogen (secondary N) is 1. The Bertz CT molecular complexity index is 963. The number of pyridine rings is 2. The Balaban J connectivity index is 1.67. The lowest BCUT2D eigenvalue weighted by molar-refractivity contribution is 0.102. The Hall–Kier alpha value is -3.61. The number of amides is 1. The van der Waals surface area contributed by atoms with Crippen molar-refractivity contribution in [2.24, 2.45) is 0 Å². The highest BCUT2D eigenvalue weighted by Gasteiger charge is 2.12. The van der Waals surface area contributed by atoms with Gasteiger partial charge in [0.15, 0.2) is 11.5 Å². The summed E-state index contributed by atoms with van der Waals surface area (Å²) in [6.45, 7) is 0.776. The van der Waals surface area contributed by atoms with Gasteiger partial charge in [-0.2, -0.15) is 0 Å². The van der Waals surface area contributed by atoms with E-state index in [-0.39, 0.29) is 5.91 Å². The minimum absolute atomic E-state index is 0.219. The van der Waals surface area contributed by atoms with Crippen LogP contribution < -0.4 is 19.7 Å². The molecular formula is C22H24N4O3. The van der Waals surface area contributed by atoms with Gasteiger partial charge in [0, 0.05) is 49.5 Å². The van der Waals surface area contributed by atoms with Crippen molar-refractivity contribution in [2.45, 2.75) is 6.42 Å². The number of benzene rings is 1. The molecule has 1 amide bonds. The van der Waals surface area contributed by atoms with Crippen LogP contribution in [-0.2, 0) is 6.42 Å². The van der Waals surface area contributed by atoms with Crippen molar-refractivity contribution in [3.05, 3.63) is 72.2 Å². The van der Waals surface area contributed by atoms with Crippen molar-refractivity contribution in [2.75, 3.05) is 38.0 Å². The molecule has 2 aromatic heterocycles. The zero-order valence-electron chi connectivity index (χ0n) is 16.8. The van der Waals surface area contributed by atoms with Gasteiger partial charge in [-0.25, -0.2) is 4.98 Å². The highest BCUT2D eigenvalue weighted by atomic mass is 16.5. The molecule has 3 rings (SSSR count). The maximum Gasteiger partial charge on any atom is 0.255 e. The molecule has 0 bridgehead atoms. The maximum absolute atomic E-state index is 12.7. The van der Waals surface area contributed by atoms with Crippen LogP contribution in [0, 0.1) is 0 Å². The maximum atomic E-state index is 12.7. The standard InChI is InChI=1S/C22H24N4O3/c1-26(13-9-16-6-10-23-11-7-16)21-14-17(8-12-24-21)22(27)25-18-4-5-19(28-2)20(15-18)29-3/h4-8,10-12,14-15H,9,13H2,1-3H3,(H,25,27). The van der Waals surface area contributed by atoms with E-state index in [1.807, 2.05) is 24.1 Å². The van der Waals surface area contributed by atoms with E-state index in [0.717, 1.165) is 18.8 Å². The molecule has 0 aliphatic heterocycles. The summed E-state index contributed by atoms with van der Waals surface area (Å²) in [5.74, 6) is 1.67. The topological polar surface area (TPSA) is 76.6 Å². The molecule has 3 aromatic rings. The van der Waals surface area contributed by atoms with Gasteiger partial charge in [0.2, 0.25) is 0 Å².